The second-order valence-corrected chi connectivity index (χ2v) is 10.9. The molecule has 0 bridgehead atoms. The first-order chi connectivity index (χ1) is 21.8. The lowest BCUT2D eigenvalue weighted by atomic mass is 10.1. The van der Waals surface area contributed by atoms with E-state index in [1.54, 1.807) is 0 Å². The van der Waals surface area contributed by atoms with Gasteiger partial charge in [0.1, 0.15) is 0 Å². The molecule has 44 heavy (non-hydrogen) atoms. The van der Waals surface area contributed by atoms with Crippen molar-refractivity contribution in [3.8, 4) is 34.2 Å². The highest BCUT2D eigenvalue weighted by Gasteiger charge is 2.20. The van der Waals surface area contributed by atoms with Gasteiger partial charge in [0, 0.05) is 38.9 Å². The van der Waals surface area contributed by atoms with Gasteiger partial charge in [0.15, 0.2) is 0 Å². The van der Waals surface area contributed by atoms with Gasteiger partial charge in [-0.15, -0.1) is 0 Å². The number of pyridine rings is 1. The SMILES string of the molecule is c1ccc(-c2cc(-c3ccccc3-n3c4ccccc4c4ccncc43)nc(-n3c4ccccc4c4ccccc43)n2)cc1. The highest BCUT2D eigenvalue weighted by molar-refractivity contribution is 6.10. The summed E-state index contributed by atoms with van der Waals surface area (Å²) in [6.07, 6.45) is 3.81. The molecule has 4 heterocycles. The molecule has 5 aromatic carbocycles. The van der Waals surface area contributed by atoms with Gasteiger partial charge in [-0.1, -0.05) is 103 Å². The van der Waals surface area contributed by atoms with Crippen LogP contribution >= 0.6 is 0 Å². The average molecular weight is 564 g/mol. The van der Waals surface area contributed by atoms with Crippen molar-refractivity contribution in [1.82, 2.24) is 24.1 Å². The standard InChI is InChI=1S/C39H25N5/c1-2-12-26(13-3-1)32-24-33(42-39(41-32)44-35-19-9-5-14-27(35)28-15-6-10-20-36(28)44)31-17-7-11-21-37(31)43-34-18-8-4-16-29(34)30-22-23-40-25-38(30)43/h1-25H. The molecule has 0 atom stereocenters. The third-order valence-electron chi connectivity index (χ3n) is 8.46. The Kier molecular flexibility index (Phi) is 5.43. The number of nitrogens with zero attached hydrogens (tertiary/aromatic N) is 5. The average Bonchev–Trinajstić information content (AvgIpc) is 3.62. The first-order valence-electron chi connectivity index (χ1n) is 14.7. The normalized spacial score (nSPS) is 11.6. The van der Waals surface area contributed by atoms with Crippen LogP contribution in [0.4, 0.5) is 0 Å². The summed E-state index contributed by atoms with van der Waals surface area (Å²) in [7, 11) is 0. The third-order valence-corrected chi connectivity index (χ3v) is 8.46. The van der Waals surface area contributed by atoms with E-state index in [0.29, 0.717) is 5.95 Å². The molecule has 0 radical (unpaired) electrons. The zero-order valence-corrected chi connectivity index (χ0v) is 23.7. The smallest absolute Gasteiger partial charge is 0.235 e. The van der Waals surface area contributed by atoms with Crippen LogP contribution in [0.5, 0.6) is 0 Å². The molecule has 0 aliphatic carbocycles. The van der Waals surface area contributed by atoms with Crippen LogP contribution in [0.15, 0.2) is 152 Å². The second-order valence-electron chi connectivity index (χ2n) is 10.9. The zero-order valence-electron chi connectivity index (χ0n) is 23.7. The van der Waals surface area contributed by atoms with Crippen LogP contribution in [0.25, 0.3) is 77.8 Å². The molecule has 0 saturated heterocycles. The Morgan fingerprint density at radius 2 is 0.977 bits per heavy atom. The predicted molar refractivity (Wildman–Crippen MR) is 179 cm³/mol. The Bertz CT molecular complexity index is 2400. The monoisotopic (exact) mass is 563 g/mol. The molecule has 0 amide bonds. The van der Waals surface area contributed by atoms with E-state index < -0.39 is 0 Å². The minimum Gasteiger partial charge on any atom is -0.307 e. The minimum atomic E-state index is 0.637. The molecule has 9 rings (SSSR count). The van der Waals surface area contributed by atoms with E-state index in [4.69, 9.17) is 9.97 Å². The molecule has 0 spiro atoms. The fourth-order valence-corrected chi connectivity index (χ4v) is 6.53. The van der Waals surface area contributed by atoms with Crippen molar-refractivity contribution >= 4 is 43.6 Å². The Labute approximate surface area is 253 Å². The van der Waals surface area contributed by atoms with Crippen molar-refractivity contribution in [2.45, 2.75) is 0 Å². The summed E-state index contributed by atoms with van der Waals surface area (Å²) in [6, 6.07) is 48.5. The van der Waals surface area contributed by atoms with Crippen LogP contribution in [0.2, 0.25) is 0 Å². The molecule has 0 fully saturated rings. The lowest BCUT2D eigenvalue weighted by Crippen LogP contribution is -2.05. The number of aromatic nitrogens is 5. The molecule has 0 unspecified atom stereocenters. The van der Waals surface area contributed by atoms with Gasteiger partial charge in [-0.25, -0.2) is 9.97 Å². The van der Waals surface area contributed by atoms with Gasteiger partial charge >= 0.3 is 0 Å². The van der Waals surface area contributed by atoms with E-state index in [9.17, 15) is 0 Å². The summed E-state index contributed by atoms with van der Waals surface area (Å²) in [6.45, 7) is 0. The molecule has 5 heteroatoms. The molecule has 9 aromatic rings. The first kappa shape index (κ1) is 24.5. The van der Waals surface area contributed by atoms with Crippen LogP contribution in [-0.4, -0.2) is 24.1 Å². The maximum absolute atomic E-state index is 5.33. The Morgan fingerprint density at radius 1 is 0.432 bits per heavy atom. The molecule has 5 nitrogen and oxygen atoms in total. The highest BCUT2D eigenvalue weighted by Crippen LogP contribution is 2.37. The van der Waals surface area contributed by atoms with Crippen molar-refractivity contribution < 1.29 is 0 Å². The quantitative estimate of drug-likeness (QED) is 0.214. The van der Waals surface area contributed by atoms with E-state index in [1.807, 2.05) is 18.5 Å². The second kappa shape index (κ2) is 9.75. The number of para-hydroxylation sites is 4. The summed E-state index contributed by atoms with van der Waals surface area (Å²) in [5.74, 6) is 0.637. The highest BCUT2D eigenvalue weighted by atomic mass is 15.2. The van der Waals surface area contributed by atoms with Gasteiger partial charge in [0.05, 0.1) is 45.3 Å². The summed E-state index contributed by atoms with van der Waals surface area (Å²) in [4.78, 5) is 15.0. The molecule has 4 aromatic heterocycles. The largest absolute Gasteiger partial charge is 0.307 e. The van der Waals surface area contributed by atoms with Gasteiger partial charge in [0.25, 0.3) is 0 Å². The van der Waals surface area contributed by atoms with E-state index in [-0.39, 0.29) is 0 Å². The van der Waals surface area contributed by atoms with E-state index in [2.05, 4.69) is 148 Å². The Morgan fingerprint density at radius 3 is 1.68 bits per heavy atom. The van der Waals surface area contributed by atoms with Gasteiger partial charge in [-0.05, 0) is 36.4 Å². The predicted octanol–water partition coefficient (Wildman–Crippen LogP) is 9.40. The maximum atomic E-state index is 5.33. The summed E-state index contributed by atoms with van der Waals surface area (Å²) in [5.41, 5.74) is 9.14. The first-order valence-corrected chi connectivity index (χ1v) is 14.7. The number of rotatable bonds is 4. The van der Waals surface area contributed by atoms with Crippen molar-refractivity contribution in [3.05, 3.63) is 152 Å². The van der Waals surface area contributed by atoms with Gasteiger partial charge in [0.2, 0.25) is 5.95 Å². The third kappa shape index (κ3) is 3.69. The number of hydrogen-bond acceptors (Lipinski definition) is 3. The van der Waals surface area contributed by atoms with E-state index >= 15 is 0 Å². The maximum Gasteiger partial charge on any atom is 0.235 e. The Balaban J connectivity index is 1.36. The topological polar surface area (TPSA) is 48.5 Å². The summed E-state index contributed by atoms with van der Waals surface area (Å²) >= 11 is 0. The van der Waals surface area contributed by atoms with Crippen molar-refractivity contribution in [3.63, 3.8) is 0 Å². The lowest BCUT2D eigenvalue weighted by molar-refractivity contribution is 0.994. The molecular weight excluding hydrogens is 538 g/mol. The number of benzene rings is 5. The van der Waals surface area contributed by atoms with Crippen LogP contribution < -0.4 is 0 Å². The van der Waals surface area contributed by atoms with Crippen LogP contribution in [0.3, 0.4) is 0 Å². The number of hydrogen-bond donors (Lipinski definition) is 0. The number of fused-ring (bicyclic) bond motifs is 6. The van der Waals surface area contributed by atoms with Crippen LogP contribution in [0, 0.1) is 0 Å². The van der Waals surface area contributed by atoms with E-state index in [0.717, 1.165) is 50.3 Å². The molecule has 206 valence electrons. The molecule has 0 saturated carbocycles. The van der Waals surface area contributed by atoms with Gasteiger partial charge in [-0.3, -0.25) is 9.55 Å². The fraction of sp³-hybridized carbons (Fsp3) is 0. The molecule has 0 N–H and O–H groups in total. The van der Waals surface area contributed by atoms with Gasteiger partial charge in [-0.2, -0.15) is 0 Å². The molecule has 0 aliphatic rings. The van der Waals surface area contributed by atoms with Crippen LogP contribution in [0.1, 0.15) is 0 Å². The fourth-order valence-electron chi connectivity index (χ4n) is 6.53. The van der Waals surface area contributed by atoms with Crippen molar-refractivity contribution in [2.75, 3.05) is 0 Å². The van der Waals surface area contributed by atoms with Gasteiger partial charge < -0.3 is 4.57 Å². The van der Waals surface area contributed by atoms with Crippen molar-refractivity contribution in [2.24, 2.45) is 0 Å². The summed E-state index contributed by atoms with van der Waals surface area (Å²) < 4.78 is 4.49. The zero-order chi connectivity index (χ0) is 29.0. The van der Waals surface area contributed by atoms with Crippen LogP contribution in [-0.2, 0) is 0 Å². The molecule has 0 aliphatic heterocycles. The van der Waals surface area contributed by atoms with E-state index in [1.165, 1.54) is 21.5 Å². The summed E-state index contributed by atoms with van der Waals surface area (Å²) in [5, 5.41) is 4.72. The lowest BCUT2D eigenvalue weighted by Gasteiger charge is -2.16. The minimum absolute atomic E-state index is 0.637. The van der Waals surface area contributed by atoms with Crippen molar-refractivity contribution in [1.29, 1.82) is 0 Å². The Hall–Kier alpha value is -6.07. The molecular formula is C39H25N5.